The van der Waals surface area contributed by atoms with Crippen LogP contribution < -0.4 is 5.32 Å². The number of hydrogen-bond acceptors (Lipinski definition) is 6. The first-order valence-corrected chi connectivity index (χ1v) is 9.84. The summed E-state index contributed by atoms with van der Waals surface area (Å²) >= 11 is 2.97. The van der Waals surface area contributed by atoms with E-state index in [0.717, 1.165) is 30.4 Å². The van der Waals surface area contributed by atoms with Crippen molar-refractivity contribution in [1.29, 1.82) is 5.26 Å². The molecular formula is C18H18N2O3S2. The molecule has 0 unspecified atom stereocenters. The lowest BCUT2D eigenvalue weighted by atomic mass is 9.89. The first kappa shape index (κ1) is 17.6. The SMILES string of the molecule is C[C@@H]1CCc2c(sc(NC(=O)COC(=O)Cc3ccsc3)c2C#N)C1. The Morgan fingerprint density at radius 1 is 1.48 bits per heavy atom. The molecule has 0 spiro atoms. The average Bonchev–Trinajstić information content (AvgIpc) is 3.19. The van der Waals surface area contributed by atoms with Crippen molar-refractivity contribution in [1.82, 2.24) is 0 Å². The lowest BCUT2D eigenvalue weighted by Gasteiger charge is -2.17. The Bertz CT molecular complexity index is 818. The van der Waals surface area contributed by atoms with Gasteiger partial charge in [-0.15, -0.1) is 11.3 Å². The number of nitriles is 1. The van der Waals surface area contributed by atoms with Crippen LogP contribution in [-0.4, -0.2) is 18.5 Å². The molecule has 0 aromatic carbocycles. The van der Waals surface area contributed by atoms with Gasteiger partial charge in [0.1, 0.15) is 11.1 Å². The maximum atomic E-state index is 12.1. The molecular weight excluding hydrogens is 356 g/mol. The Morgan fingerprint density at radius 3 is 3.04 bits per heavy atom. The summed E-state index contributed by atoms with van der Waals surface area (Å²) in [6, 6.07) is 4.06. The molecule has 7 heteroatoms. The predicted octanol–water partition coefficient (Wildman–Crippen LogP) is 3.53. The first-order chi connectivity index (χ1) is 12.1. The van der Waals surface area contributed by atoms with Gasteiger partial charge in [0.25, 0.3) is 5.91 Å². The van der Waals surface area contributed by atoms with E-state index in [0.29, 0.717) is 16.5 Å². The molecule has 3 rings (SSSR count). The van der Waals surface area contributed by atoms with E-state index in [2.05, 4.69) is 18.3 Å². The van der Waals surface area contributed by atoms with Gasteiger partial charge in [0.05, 0.1) is 12.0 Å². The summed E-state index contributed by atoms with van der Waals surface area (Å²) in [5.41, 5.74) is 2.50. The highest BCUT2D eigenvalue weighted by atomic mass is 32.1. The van der Waals surface area contributed by atoms with Crippen LogP contribution in [0.1, 0.15) is 34.9 Å². The van der Waals surface area contributed by atoms with Gasteiger partial charge in [0.15, 0.2) is 6.61 Å². The largest absolute Gasteiger partial charge is 0.455 e. The second-order valence-corrected chi connectivity index (χ2v) is 8.07. The third-order valence-electron chi connectivity index (χ3n) is 4.17. The quantitative estimate of drug-likeness (QED) is 0.812. The van der Waals surface area contributed by atoms with Crippen molar-refractivity contribution in [2.45, 2.75) is 32.6 Å². The Balaban J connectivity index is 1.58. The van der Waals surface area contributed by atoms with E-state index in [1.807, 2.05) is 16.8 Å². The lowest BCUT2D eigenvalue weighted by Crippen LogP contribution is -2.21. The monoisotopic (exact) mass is 374 g/mol. The number of thiophene rings is 2. The molecule has 1 aliphatic rings. The molecule has 0 saturated heterocycles. The highest BCUT2D eigenvalue weighted by Gasteiger charge is 2.24. The van der Waals surface area contributed by atoms with Crippen LogP contribution >= 0.6 is 22.7 Å². The second-order valence-electron chi connectivity index (χ2n) is 6.18. The van der Waals surface area contributed by atoms with Crippen LogP contribution in [0.4, 0.5) is 5.00 Å². The van der Waals surface area contributed by atoms with Crippen molar-refractivity contribution in [3.63, 3.8) is 0 Å². The Labute approximate surface area is 154 Å². The Hall–Kier alpha value is -2.17. The van der Waals surface area contributed by atoms with Crippen molar-refractivity contribution in [2.24, 2.45) is 5.92 Å². The fourth-order valence-electron chi connectivity index (χ4n) is 2.88. The minimum absolute atomic E-state index is 0.158. The van der Waals surface area contributed by atoms with E-state index in [9.17, 15) is 14.9 Å². The number of anilines is 1. The van der Waals surface area contributed by atoms with Gasteiger partial charge < -0.3 is 10.1 Å². The van der Waals surface area contributed by atoms with Crippen LogP contribution in [0.15, 0.2) is 16.8 Å². The zero-order chi connectivity index (χ0) is 17.8. The standard InChI is InChI=1S/C18H18N2O3S2/c1-11-2-3-13-14(8-19)18(25-15(13)6-11)20-16(21)9-23-17(22)7-12-4-5-24-10-12/h4-5,10-11H,2-3,6-7,9H2,1H3,(H,20,21)/t11-/m1/s1. The minimum Gasteiger partial charge on any atom is -0.455 e. The van der Waals surface area contributed by atoms with Crippen molar-refractivity contribution in [2.75, 3.05) is 11.9 Å². The van der Waals surface area contributed by atoms with Gasteiger partial charge in [-0.2, -0.15) is 16.6 Å². The van der Waals surface area contributed by atoms with E-state index in [1.165, 1.54) is 27.6 Å². The summed E-state index contributed by atoms with van der Waals surface area (Å²) in [4.78, 5) is 25.0. The number of rotatable bonds is 5. The van der Waals surface area contributed by atoms with Crippen LogP contribution in [0.5, 0.6) is 0 Å². The molecule has 1 atom stereocenters. The number of nitrogens with zero attached hydrogens (tertiary/aromatic N) is 1. The number of ether oxygens (including phenoxy) is 1. The van der Waals surface area contributed by atoms with Crippen molar-refractivity contribution in [3.05, 3.63) is 38.4 Å². The van der Waals surface area contributed by atoms with Crippen LogP contribution in [0.25, 0.3) is 0 Å². The summed E-state index contributed by atoms with van der Waals surface area (Å²) in [7, 11) is 0. The van der Waals surface area contributed by atoms with Crippen LogP contribution in [-0.2, 0) is 33.6 Å². The lowest BCUT2D eigenvalue weighted by molar-refractivity contribution is -0.146. The number of carbonyl (C=O) groups excluding carboxylic acids is 2. The van der Waals surface area contributed by atoms with Crippen molar-refractivity contribution >= 4 is 39.6 Å². The normalized spacial score (nSPS) is 15.9. The molecule has 1 amide bonds. The first-order valence-electron chi connectivity index (χ1n) is 8.08. The van der Waals surface area contributed by atoms with Gasteiger partial charge in [0.2, 0.25) is 0 Å². The minimum atomic E-state index is -0.437. The fourth-order valence-corrected chi connectivity index (χ4v) is 4.92. The summed E-state index contributed by atoms with van der Waals surface area (Å²) in [5.74, 6) is -0.255. The zero-order valence-electron chi connectivity index (χ0n) is 13.8. The molecule has 5 nitrogen and oxygen atoms in total. The molecule has 1 aliphatic carbocycles. The fraction of sp³-hybridized carbons (Fsp3) is 0.389. The highest BCUT2D eigenvalue weighted by molar-refractivity contribution is 7.16. The molecule has 2 heterocycles. The third-order valence-corrected chi connectivity index (χ3v) is 6.07. The van der Waals surface area contributed by atoms with E-state index in [-0.39, 0.29) is 13.0 Å². The Kier molecular flexibility index (Phi) is 5.51. The molecule has 0 fully saturated rings. The third kappa shape index (κ3) is 4.27. The number of amides is 1. The van der Waals surface area contributed by atoms with E-state index in [4.69, 9.17) is 4.74 Å². The van der Waals surface area contributed by atoms with Crippen molar-refractivity contribution in [3.8, 4) is 6.07 Å². The summed E-state index contributed by atoms with van der Waals surface area (Å²) < 4.78 is 5.02. The number of carbonyl (C=O) groups is 2. The van der Waals surface area contributed by atoms with Crippen molar-refractivity contribution < 1.29 is 14.3 Å². The molecule has 130 valence electrons. The maximum absolute atomic E-state index is 12.1. The van der Waals surface area contributed by atoms with E-state index in [1.54, 1.807) is 0 Å². The Morgan fingerprint density at radius 2 is 2.32 bits per heavy atom. The summed E-state index contributed by atoms with van der Waals surface area (Å²) in [6.45, 7) is 1.85. The second kappa shape index (κ2) is 7.81. The topological polar surface area (TPSA) is 79.2 Å². The van der Waals surface area contributed by atoms with E-state index < -0.39 is 11.9 Å². The molecule has 2 aromatic rings. The van der Waals surface area contributed by atoms with Gasteiger partial charge in [-0.1, -0.05) is 6.92 Å². The summed E-state index contributed by atoms with van der Waals surface area (Å²) in [6.07, 6.45) is 3.04. The summed E-state index contributed by atoms with van der Waals surface area (Å²) in [5, 5.41) is 16.5. The predicted molar refractivity (Wildman–Crippen MR) is 97.8 cm³/mol. The number of nitrogens with one attached hydrogen (secondary N) is 1. The van der Waals surface area contributed by atoms with Crippen LogP contribution in [0.3, 0.4) is 0 Å². The zero-order valence-corrected chi connectivity index (χ0v) is 15.5. The smallest absolute Gasteiger partial charge is 0.310 e. The van der Waals surface area contributed by atoms with Gasteiger partial charge in [-0.25, -0.2) is 0 Å². The molecule has 2 aromatic heterocycles. The van der Waals surface area contributed by atoms with Gasteiger partial charge in [-0.3, -0.25) is 9.59 Å². The van der Waals surface area contributed by atoms with Crippen LogP contribution in [0, 0.1) is 17.2 Å². The molecule has 25 heavy (non-hydrogen) atoms. The van der Waals surface area contributed by atoms with Gasteiger partial charge in [0, 0.05) is 4.88 Å². The number of fused-ring (bicyclic) bond motifs is 1. The highest BCUT2D eigenvalue weighted by Crippen LogP contribution is 2.39. The molecule has 0 bridgehead atoms. The average molecular weight is 374 g/mol. The number of hydrogen-bond donors (Lipinski definition) is 1. The van der Waals surface area contributed by atoms with Gasteiger partial charge >= 0.3 is 5.97 Å². The molecule has 0 aliphatic heterocycles. The molecule has 0 radical (unpaired) electrons. The molecule has 1 N–H and O–H groups in total. The molecule has 0 saturated carbocycles. The van der Waals surface area contributed by atoms with Gasteiger partial charge in [-0.05, 0) is 53.1 Å². The maximum Gasteiger partial charge on any atom is 0.310 e. The van der Waals surface area contributed by atoms with Crippen LogP contribution in [0.2, 0.25) is 0 Å². The van der Waals surface area contributed by atoms with E-state index >= 15 is 0 Å². The number of esters is 1.